The number of benzene rings is 1. The Morgan fingerprint density at radius 1 is 1.29 bits per heavy atom. The van der Waals surface area contributed by atoms with Crippen LogP contribution < -0.4 is 0 Å². The van der Waals surface area contributed by atoms with Crippen LogP contribution in [0.3, 0.4) is 0 Å². The number of rotatable bonds is 1. The smallest absolute Gasteiger partial charge is 0.254 e. The minimum Gasteiger partial charge on any atom is -0.332 e. The SMILES string of the molecule is Cc1ccc(C(=O)N2CCc3nc(Br)n(C)c3C2)cc1C. The molecule has 0 atom stereocenters. The highest BCUT2D eigenvalue weighted by atomic mass is 79.9. The molecule has 2 heterocycles. The van der Waals surface area contributed by atoms with Gasteiger partial charge in [0.2, 0.25) is 0 Å². The number of amides is 1. The average Bonchev–Trinajstić information content (AvgIpc) is 2.76. The molecule has 0 fully saturated rings. The van der Waals surface area contributed by atoms with E-state index in [0.29, 0.717) is 6.54 Å². The third kappa shape index (κ3) is 2.50. The van der Waals surface area contributed by atoms with Crippen LogP contribution in [-0.4, -0.2) is 26.9 Å². The quantitative estimate of drug-likeness (QED) is 0.795. The fourth-order valence-electron chi connectivity index (χ4n) is 2.68. The first-order chi connectivity index (χ1) is 9.97. The van der Waals surface area contributed by atoms with Gasteiger partial charge < -0.3 is 9.47 Å². The van der Waals surface area contributed by atoms with Crippen LogP contribution >= 0.6 is 15.9 Å². The Kier molecular flexibility index (Phi) is 3.61. The summed E-state index contributed by atoms with van der Waals surface area (Å²) in [6.07, 6.45) is 0.811. The Bertz CT molecular complexity index is 721. The van der Waals surface area contributed by atoms with Crippen LogP contribution in [0.15, 0.2) is 22.9 Å². The highest BCUT2D eigenvalue weighted by Gasteiger charge is 2.25. The lowest BCUT2D eigenvalue weighted by atomic mass is 10.0. The maximum atomic E-state index is 12.7. The molecule has 2 aromatic rings. The van der Waals surface area contributed by atoms with Crippen molar-refractivity contribution in [2.45, 2.75) is 26.8 Å². The van der Waals surface area contributed by atoms with Gasteiger partial charge in [-0.1, -0.05) is 6.07 Å². The minimum atomic E-state index is 0.0982. The lowest BCUT2D eigenvalue weighted by Gasteiger charge is -2.27. The van der Waals surface area contributed by atoms with Gasteiger partial charge in [-0.3, -0.25) is 4.79 Å². The average molecular weight is 348 g/mol. The Morgan fingerprint density at radius 2 is 2.05 bits per heavy atom. The van der Waals surface area contributed by atoms with Crippen molar-refractivity contribution in [3.05, 3.63) is 51.0 Å². The summed E-state index contributed by atoms with van der Waals surface area (Å²) in [5.74, 6) is 0.0982. The number of hydrogen-bond donors (Lipinski definition) is 0. The molecule has 0 spiro atoms. The van der Waals surface area contributed by atoms with Gasteiger partial charge in [0.25, 0.3) is 5.91 Å². The molecule has 1 amide bonds. The highest BCUT2D eigenvalue weighted by Crippen LogP contribution is 2.23. The van der Waals surface area contributed by atoms with Gasteiger partial charge in [0.1, 0.15) is 0 Å². The van der Waals surface area contributed by atoms with Crippen molar-refractivity contribution in [3.63, 3.8) is 0 Å². The van der Waals surface area contributed by atoms with E-state index in [1.54, 1.807) is 0 Å². The summed E-state index contributed by atoms with van der Waals surface area (Å²) >= 11 is 3.44. The fraction of sp³-hybridized carbons (Fsp3) is 0.375. The zero-order valence-electron chi connectivity index (χ0n) is 12.5. The largest absolute Gasteiger partial charge is 0.332 e. The molecule has 1 aliphatic heterocycles. The molecule has 5 heteroatoms. The van der Waals surface area contributed by atoms with Crippen molar-refractivity contribution >= 4 is 21.8 Å². The molecule has 0 saturated carbocycles. The van der Waals surface area contributed by atoms with Crippen LogP contribution in [-0.2, 0) is 20.0 Å². The topological polar surface area (TPSA) is 38.1 Å². The molecule has 1 aromatic heterocycles. The summed E-state index contributed by atoms with van der Waals surface area (Å²) in [6, 6.07) is 5.91. The first kappa shape index (κ1) is 14.3. The molecule has 1 aliphatic rings. The van der Waals surface area contributed by atoms with Crippen LogP contribution in [0, 0.1) is 13.8 Å². The van der Waals surface area contributed by atoms with Crippen LogP contribution in [0.1, 0.15) is 32.9 Å². The van der Waals surface area contributed by atoms with Gasteiger partial charge in [0, 0.05) is 25.6 Å². The second kappa shape index (κ2) is 5.30. The van der Waals surface area contributed by atoms with Crippen LogP contribution in [0.25, 0.3) is 0 Å². The van der Waals surface area contributed by atoms with Gasteiger partial charge >= 0.3 is 0 Å². The van der Waals surface area contributed by atoms with Gasteiger partial charge in [0.05, 0.1) is 17.9 Å². The number of carbonyl (C=O) groups is 1. The molecule has 0 aliphatic carbocycles. The molecule has 4 nitrogen and oxygen atoms in total. The number of imidazole rings is 1. The summed E-state index contributed by atoms with van der Waals surface area (Å²) < 4.78 is 2.84. The molecule has 0 bridgehead atoms. The zero-order valence-corrected chi connectivity index (χ0v) is 14.1. The number of carbonyl (C=O) groups excluding carboxylic acids is 1. The van der Waals surface area contributed by atoms with E-state index in [9.17, 15) is 4.79 Å². The third-order valence-electron chi connectivity index (χ3n) is 4.24. The van der Waals surface area contributed by atoms with Gasteiger partial charge in [0.15, 0.2) is 4.73 Å². The fourth-order valence-corrected chi connectivity index (χ4v) is 3.11. The predicted octanol–water partition coefficient (Wildman–Crippen LogP) is 3.00. The van der Waals surface area contributed by atoms with Crippen molar-refractivity contribution < 1.29 is 4.79 Å². The van der Waals surface area contributed by atoms with E-state index in [4.69, 9.17) is 0 Å². The van der Waals surface area contributed by atoms with E-state index in [-0.39, 0.29) is 5.91 Å². The molecule has 3 rings (SSSR count). The molecule has 21 heavy (non-hydrogen) atoms. The second-order valence-electron chi connectivity index (χ2n) is 5.61. The molecular weight excluding hydrogens is 330 g/mol. The number of aryl methyl sites for hydroxylation is 2. The monoisotopic (exact) mass is 347 g/mol. The van der Waals surface area contributed by atoms with E-state index in [1.807, 2.05) is 41.6 Å². The summed E-state index contributed by atoms with van der Waals surface area (Å²) in [7, 11) is 1.97. The van der Waals surface area contributed by atoms with Gasteiger partial charge in [-0.25, -0.2) is 4.98 Å². The zero-order chi connectivity index (χ0) is 15.1. The molecule has 110 valence electrons. The van der Waals surface area contributed by atoms with Gasteiger partial charge in [-0.15, -0.1) is 0 Å². The van der Waals surface area contributed by atoms with E-state index in [1.165, 1.54) is 5.56 Å². The van der Waals surface area contributed by atoms with Crippen LogP contribution in [0.5, 0.6) is 0 Å². The Morgan fingerprint density at radius 3 is 2.76 bits per heavy atom. The lowest BCUT2D eigenvalue weighted by molar-refractivity contribution is 0.0730. The maximum Gasteiger partial charge on any atom is 0.254 e. The predicted molar refractivity (Wildman–Crippen MR) is 85.3 cm³/mol. The number of nitrogens with zero attached hydrogens (tertiary/aromatic N) is 3. The molecule has 0 saturated heterocycles. The number of hydrogen-bond acceptors (Lipinski definition) is 2. The van der Waals surface area contributed by atoms with Gasteiger partial charge in [-0.2, -0.15) is 0 Å². The molecular formula is C16H18BrN3O. The van der Waals surface area contributed by atoms with Gasteiger partial charge in [-0.05, 0) is 53.0 Å². The number of halogens is 1. The maximum absolute atomic E-state index is 12.7. The molecule has 1 aromatic carbocycles. The standard InChI is InChI=1S/C16H18BrN3O/c1-10-4-5-12(8-11(10)2)15(21)20-7-6-13-14(9-20)19(3)16(17)18-13/h4-5,8H,6-7,9H2,1-3H3. The van der Waals surface area contributed by atoms with Crippen LogP contribution in [0.4, 0.5) is 0 Å². The van der Waals surface area contributed by atoms with Crippen molar-refractivity contribution in [3.8, 4) is 0 Å². The van der Waals surface area contributed by atoms with Crippen molar-refractivity contribution in [2.24, 2.45) is 7.05 Å². The summed E-state index contributed by atoms with van der Waals surface area (Å²) in [5, 5.41) is 0. The van der Waals surface area contributed by atoms with E-state index >= 15 is 0 Å². The van der Waals surface area contributed by atoms with Crippen LogP contribution in [0.2, 0.25) is 0 Å². The minimum absolute atomic E-state index is 0.0982. The summed E-state index contributed by atoms with van der Waals surface area (Å²) in [5.41, 5.74) is 5.34. The summed E-state index contributed by atoms with van der Waals surface area (Å²) in [6.45, 7) is 5.45. The van der Waals surface area contributed by atoms with E-state index < -0.39 is 0 Å². The molecule has 0 unspecified atom stereocenters. The van der Waals surface area contributed by atoms with Crippen molar-refractivity contribution in [1.82, 2.24) is 14.5 Å². The number of fused-ring (bicyclic) bond motifs is 1. The number of aromatic nitrogens is 2. The molecule has 0 radical (unpaired) electrons. The van der Waals surface area contributed by atoms with E-state index in [0.717, 1.165) is 40.2 Å². The highest BCUT2D eigenvalue weighted by molar-refractivity contribution is 9.10. The first-order valence-corrected chi connectivity index (χ1v) is 7.83. The Hall–Kier alpha value is -1.62. The van der Waals surface area contributed by atoms with E-state index in [2.05, 4.69) is 27.8 Å². The van der Waals surface area contributed by atoms with Crippen molar-refractivity contribution in [2.75, 3.05) is 6.54 Å². The third-order valence-corrected chi connectivity index (χ3v) is 4.95. The first-order valence-electron chi connectivity index (χ1n) is 7.04. The molecule has 0 N–H and O–H groups in total. The normalized spacial score (nSPS) is 14.2. The Labute approximate surface area is 132 Å². The van der Waals surface area contributed by atoms with Crippen molar-refractivity contribution in [1.29, 1.82) is 0 Å². The Balaban J connectivity index is 1.86. The second-order valence-corrected chi connectivity index (χ2v) is 6.32. The summed E-state index contributed by atoms with van der Waals surface area (Å²) in [4.78, 5) is 19.1. The lowest BCUT2D eigenvalue weighted by Crippen LogP contribution is -2.36.